The molecule has 0 radical (unpaired) electrons. The van der Waals surface area contributed by atoms with Crippen molar-refractivity contribution in [3.63, 3.8) is 0 Å². The van der Waals surface area contributed by atoms with Crippen LogP contribution in [0.1, 0.15) is 0 Å². The second-order valence-corrected chi connectivity index (χ2v) is 8.09. The molecule has 0 aliphatic carbocycles. The van der Waals surface area contributed by atoms with Crippen LogP contribution in [-0.2, 0) is 4.79 Å². The van der Waals surface area contributed by atoms with Gasteiger partial charge in [0.1, 0.15) is 0 Å². The Morgan fingerprint density at radius 2 is 2.25 bits per heavy atom. The summed E-state index contributed by atoms with van der Waals surface area (Å²) in [4.78, 5) is 30.8. The number of non-ortho nitro benzene ring substituents is 1. The Kier molecular flexibility index (Phi) is 5.28. The van der Waals surface area contributed by atoms with Gasteiger partial charge in [-0.2, -0.15) is 4.37 Å². The number of nitro benzene ring substituents is 1. The molecule has 2 aromatic heterocycles. The number of aromatic nitrogens is 3. The summed E-state index contributed by atoms with van der Waals surface area (Å²) in [7, 11) is 0. The number of nitro groups is 1. The predicted molar refractivity (Wildman–Crippen MR) is 97.3 cm³/mol. The number of hydrogen-bond acceptors (Lipinski definition) is 10. The lowest BCUT2D eigenvalue weighted by atomic mass is 10.3. The average Bonchev–Trinajstić information content (AvgIpc) is 3.17. The van der Waals surface area contributed by atoms with Gasteiger partial charge in [-0.3, -0.25) is 14.9 Å². The maximum absolute atomic E-state index is 12.0. The van der Waals surface area contributed by atoms with E-state index in [9.17, 15) is 14.9 Å². The van der Waals surface area contributed by atoms with Crippen LogP contribution in [0, 0.1) is 10.1 Å². The zero-order valence-corrected chi connectivity index (χ0v) is 15.4. The molecule has 0 unspecified atom stereocenters. The molecule has 0 saturated heterocycles. The van der Waals surface area contributed by atoms with Crippen molar-refractivity contribution < 1.29 is 9.72 Å². The van der Waals surface area contributed by atoms with Gasteiger partial charge in [0.25, 0.3) is 5.69 Å². The van der Waals surface area contributed by atoms with Crippen LogP contribution in [-0.4, -0.2) is 37.2 Å². The summed E-state index contributed by atoms with van der Waals surface area (Å²) >= 11 is 5.21. The number of hydrogen-bond donors (Lipinski definition) is 1. The van der Waals surface area contributed by atoms with E-state index in [1.807, 2.05) is 6.26 Å². The third-order valence-electron chi connectivity index (χ3n) is 2.73. The molecule has 24 heavy (non-hydrogen) atoms. The van der Waals surface area contributed by atoms with Crippen LogP contribution in [0.2, 0.25) is 0 Å². The zero-order chi connectivity index (χ0) is 17.1. The fraction of sp³-hybridized carbons (Fsp3) is 0.167. The second-order valence-electron chi connectivity index (χ2n) is 4.31. The standard InChI is InChI=1S/C12H9N5O3S4/c1-21-11-15-12(24-16-11)22-5-9(18)14-10-13-7-3-2-6(17(19)20)4-8(7)23-10/h2-4H,5H2,1H3,(H,13,14,18). The van der Waals surface area contributed by atoms with Crippen LogP contribution in [0.5, 0.6) is 0 Å². The third-order valence-corrected chi connectivity index (χ3v) is 6.16. The Balaban J connectivity index is 1.63. The molecular formula is C12H9N5O3S4. The number of anilines is 1. The van der Waals surface area contributed by atoms with E-state index in [-0.39, 0.29) is 17.3 Å². The van der Waals surface area contributed by atoms with E-state index in [2.05, 4.69) is 19.7 Å². The number of amides is 1. The second kappa shape index (κ2) is 7.42. The number of thioether (sulfide) groups is 2. The first kappa shape index (κ1) is 17.1. The number of rotatable bonds is 6. The number of fused-ring (bicyclic) bond motifs is 1. The number of benzene rings is 1. The van der Waals surface area contributed by atoms with E-state index >= 15 is 0 Å². The lowest BCUT2D eigenvalue weighted by Gasteiger charge is -1.98. The molecule has 1 amide bonds. The highest BCUT2D eigenvalue weighted by Gasteiger charge is 2.13. The lowest BCUT2D eigenvalue weighted by molar-refractivity contribution is -0.384. The summed E-state index contributed by atoms with van der Waals surface area (Å²) in [5.74, 6) is -0.0199. The molecular weight excluding hydrogens is 390 g/mol. The Hall–Kier alpha value is -1.76. The van der Waals surface area contributed by atoms with Crippen molar-refractivity contribution in [1.82, 2.24) is 14.3 Å². The van der Waals surface area contributed by atoms with Crippen molar-refractivity contribution in [2.24, 2.45) is 0 Å². The molecule has 0 atom stereocenters. The van der Waals surface area contributed by atoms with Crippen LogP contribution >= 0.6 is 46.4 Å². The molecule has 0 spiro atoms. The smallest absolute Gasteiger partial charge is 0.270 e. The molecule has 0 aliphatic rings. The summed E-state index contributed by atoms with van der Waals surface area (Å²) in [6, 6.07) is 4.41. The topological polar surface area (TPSA) is 111 Å². The lowest BCUT2D eigenvalue weighted by Crippen LogP contribution is -2.13. The highest BCUT2D eigenvalue weighted by molar-refractivity contribution is 8.01. The van der Waals surface area contributed by atoms with Crippen LogP contribution in [0.3, 0.4) is 0 Å². The first-order valence-electron chi connectivity index (χ1n) is 6.40. The van der Waals surface area contributed by atoms with Gasteiger partial charge >= 0.3 is 0 Å². The van der Waals surface area contributed by atoms with Gasteiger partial charge in [0.05, 0.1) is 20.9 Å². The fourth-order valence-electron chi connectivity index (χ4n) is 1.70. The number of carbonyl (C=O) groups is 1. The molecule has 0 saturated carbocycles. The van der Waals surface area contributed by atoms with Gasteiger partial charge in [-0.15, -0.1) is 0 Å². The molecule has 12 heteroatoms. The van der Waals surface area contributed by atoms with E-state index in [4.69, 9.17) is 0 Å². The minimum Gasteiger partial charge on any atom is -0.301 e. The number of thiazole rings is 1. The van der Waals surface area contributed by atoms with Crippen molar-refractivity contribution in [2.45, 2.75) is 9.50 Å². The highest BCUT2D eigenvalue weighted by atomic mass is 32.2. The van der Waals surface area contributed by atoms with Gasteiger partial charge in [0.15, 0.2) is 9.47 Å². The SMILES string of the molecule is CSc1nsc(SCC(=O)Nc2nc3ccc([N+](=O)[O-])cc3s2)n1. The first-order valence-corrected chi connectivity index (χ1v) is 10.2. The number of nitrogens with zero attached hydrogens (tertiary/aromatic N) is 4. The molecule has 0 bridgehead atoms. The van der Waals surface area contributed by atoms with Crippen LogP contribution < -0.4 is 5.32 Å². The third kappa shape index (κ3) is 4.01. The molecule has 3 aromatic rings. The van der Waals surface area contributed by atoms with Crippen molar-refractivity contribution in [3.05, 3.63) is 28.3 Å². The Morgan fingerprint density at radius 1 is 1.42 bits per heavy atom. The zero-order valence-electron chi connectivity index (χ0n) is 12.1. The van der Waals surface area contributed by atoms with E-state index in [1.54, 1.807) is 6.07 Å². The Labute approximate surface area is 152 Å². The van der Waals surface area contributed by atoms with E-state index in [0.29, 0.717) is 20.5 Å². The summed E-state index contributed by atoms with van der Waals surface area (Å²) in [5, 5.41) is 14.6. The van der Waals surface area contributed by atoms with Crippen molar-refractivity contribution >= 4 is 73.3 Å². The minimum atomic E-state index is -0.459. The molecule has 3 rings (SSSR count). The highest BCUT2D eigenvalue weighted by Crippen LogP contribution is 2.29. The molecule has 1 aromatic carbocycles. The molecule has 124 valence electrons. The van der Waals surface area contributed by atoms with Gasteiger partial charge in [-0.1, -0.05) is 34.9 Å². The summed E-state index contributed by atoms with van der Waals surface area (Å²) < 4.78 is 5.51. The molecule has 0 fully saturated rings. The van der Waals surface area contributed by atoms with Crippen LogP contribution in [0.15, 0.2) is 27.7 Å². The first-order chi connectivity index (χ1) is 11.5. The van der Waals surface area contributed by atoms with E-state index in [1.165, 1.54) is 58.5 Å². The predicted octanol–water partition coefficient (Wildman–Crippen LogP) is 3.51. The Morgan fingerprint density at radius 3 is 2.96 bits per heavy atom. The van der Waals surface area contributed by atoms with Gasteiger partial charge in [0.2, 0.25) is 11.1 Å². The monoisotopic (exact) mass is 399 g/mol. The molecule has 0 aliphatic heterocycles. The minimum absolute atomic E-state index is 0.000417. The normalized spacial score (nSPS) is 10.9. The maximum Gasteiger partial charge on any atom is 0.270 e. The van der Waals surface area contributed by atoms with Crippen LogP contribution in [0.25, 0.3) is 10.2 Å². The van der Waals surface area contributed by atoms with Gasteiger partial charge in [-0.25, -0.2) is 9.97 Å². The number of carbonyl (C=O) groups excluding carboxylic acids is 1. The van der Waals surface area contributed by atoms with Crippen molar-refractivity contribution in [1.29, 1.82) is 0 Å². The fourth-order valence-corrected chi connectivity index (χ4v) is 4.63. The van der Waals surface area contributed by atoms with Gasteiger partial charge in [-0.05, 0) is 23.9 Å². The van der Waals surface area contributed by atoms with Crippen molar-refractivity contribution in [3.8, 4) is 0 Å². The summed E-state index contributed by atoms with van der Waals surface area (Å²) in [5.41, 5.74) is 0.614. The van der Waals surface area contributed by atoms with E-state index in [0.717, 1.165) is 4.34 Å². The Bertz CT molecular complexity index is 909. The molecule has 2 heterocycles. The maximum atomic E-state index is 12.0. The summed E-state index contributed by atoms with van der Waals surface area (Å²) in [6.45, 7) is 0. The quantitative estimate of drug-likeness (QED) is 0.381. The van der Waals surface area contributed by atoms with Crippen LogP contribution in [0.4, 0.5) is 10.8 Å². The molecule has 8 nitrogen and oxygen atoms in total. The average molecular weight is 400 g/mol. The van der Waals surface area contributed by atoms with Gasteiger partial charge in [0, 0.05) is 12.1 Å². The van der Waals surface area contributed by atoms with Gasteiger partial charge < -0.3 is 5.32 Å². The number of nitrogens with one attached hydrogen (secondary N) is 1. The van der Waals surface area contributed by atoms with E-state index < -0.39 is 4.92 Å². The largest absolute Gasteiger partial charge is 0.301 e. The van der Waals surface area contributed by atoms with Crippen molar-refractivity contribution in [2.75, 3.05) is 17.3 Å². The molecule has 1 N–H and O–H groups in total. The summed E-state index contributed by atoms with van der Waals surface area (Å²) in [6.07, 6.45) is 1.89.